The van der Waals surface area contributed by atoms with Crippen molar-refractivity contribution < 1.29 is 10.0 Å². The minimum Gasteiger partial charge on any atom is -0.391 e. The van der Waals surface area contributed by atoms with Gasteiger partial charge in [0.25, 0.3) is 5.69 Å². The third-order valence-electron chi connectivity index (χ3n) is 3.06. The molecule has 1 aliphatic rings. The van der Waals surface area contributed by atoms with Crippen LogP contribution in [0.15, 0.2) is 18.2 Å². The highest BCUT2D eigenvalue weighted by atomic mass is 16.6. The smallest absolute Gasteiger partial charge is 0.269 e. The highest BCUT2D eigenvalue weighted by molar-refractivity contribution is 5.42. The molecule has 0 radical (unpaired) electrons. The number of rotatable bonds is 1. The summed E-state index contributed by atoms with van der Waals surface area (Å²) in [4.78, 5) is 10.2. The summed E-state index contributed by atoms with van der Waals surface area (Å²) in [6.45, 7) is 0. The zero-order chi connectivity index (χ0) is 11.7. The van der Waals surface area contributed by atoms with Crippen molar-refractivity contribution in [2.45, 2.75) is 31.4 Å². The largest absolute Gasteiger partial charge is 0.391 e. The second-order valence-corrected chi connectivity index (χ2v) is 4.13. The molecule has 5 nitrogen and oxygen atoms in total. The van der Waals surface area contributed by atoms with E-state index in [1.54, 1.807) is 6.07 Å². The summed E-state index contributed by atoms with van der Waals surface area (Å²) in [6.07, 6.45) is 1.71. The Balaban J connectivity index is 2.46. The molecule has 2 rings (SSSR count). The molecule has 0 amide bonds. The van der Waals surface area contributed by atoms with E-state index in [1.807, 2.05) is 0 Å². The van der Waals surface area contributed by atoms with Crippen LogP contribution in [-0.2, 0) is 6.42 Å². The maximum Gasteiger partial charge on any atom is 0.269 e. The molecule has 86 valence electrons. The van der Waals surface area contributed by atoms with E-state index in [4.69, 9.17) is 5.73 Å². The number of non-ortho nitro benzene ring substituents is 1. The number of nitro benzene ring substituents is 1. The molecule has 2 atom stereocenters. The van der Waals surface area contributed by atoms with E-state index in [1.165, 1.54) is 12.1 Å². The summed E-state index contributed by atoms with van der Waals surface area (Å²) in [5, 5.41) is 20.4. The Bertz CT molecular complexity index is 420. The van der Waals surface area contributed by atoms with Crippen LogP contribution >= 0.6 is 0 Å². The molecule has 0 unspecified atom stereocenters. The second kappa shape index (κ2) is 4.19. The number of fused-ring (bicyclic) bond motifs is 1. The fraction of sp³-hybridized carbons (Fsp3) is 0.455. The van der Waals surface area contributed by atoms with Gasteiger partial charge in [-0.25, -0.2) is 0 Å². The van der Waals surface area contributed by atoms with Crippen LogP contribution in [0, 0.1) is 10.1 Å². The number of nitrogens with two attached hydrogens (primary N) is 1. The number of hydrogen-bond donors (Lipinski definition) is 2. The average Bonchev–Trinajstić information content (AvgIpc) is 2.40. The van der Waals surface area contributed by atoms with Crippen molar-refractivity contribution in [2.75, 3.05) is 0 Å². The molecule has 0 saturated heterocycles. The molecule has 0 fully saturated rings. The van der Waals surface area contributed by atoms with Crippen LogP contribution in [0.2, 0.25) is 0 Å². The number of nitrogens with zero attached hydrogens (tertiary/aromatic N) is 1. The lowest BCUT2D eigenvalue weighted by molar-refractivity contribution is -0.385. The number of aliphatic hydroxyl groups excluding tert-OH is 1. The van der Waals surface area contributed by atoms with Gasteiger partial charge in [0.1, 0.15) is 0 Å². The summed E-state index contributed by atoms with van der Waals surface area (Å²) in [7, 11) is 0. The summed E-state index contributed by atoms with van der Waals surface area (Å²) in [6, 6.07) is 4.20. The number of aryl methyl sites for hydroxylation is 1. The van der Waals surface area contributed by atoms with Gasteiger partial charge in [0.2, 0.25) is 0 Å². The van der Waals surface area contributed by atoms with Gasteiger partial charge in [0.15, 0.2) is 0 Å². The van der Waals surface area contributed by atoms with E-state index < -0.39 is 17.1 Å². The fourth-order valence-corrected chi connectivity index (χ4v) is 2.12. The highest BCUT2D eigenvalue weighted by Crippen LogP contribution is 2.30. The van der Waals surface area contributed by atoms with Crippen LogP contribution in [0.4, 0.5) is 5.69 Å². The summed E-state index contributed by atoms with van der Waals surface area (Å²) < 4.78 is 0. The van der Waals surface area contributed by atoms with Gasteiger partial charge >= 0.3 is 0 Å². The third-order valence-corrected chi connectivity index (χ3v) is 3.06. The Labute approximate surface area is 93.0 Å². The van der Waals surface area contributed by atoms with Crippen molar-refractivity contribution in [3.8, 4) is 0 Å². The summed E-state index contributed by atoms with van der Waals surface area (Å²) in [5.41, 5.74) is 7.63. The van der Waals surface area contributed by atoms with Gasteiger partial charge in [-0.3, -0.25) is 10.1 Å². The molecule has 5 heteroatoms. The van der Waals surface area contributed by atoms with Gasteiger partial charge in [-0.2, -0.15) is 0 Å². The first-order chi connectivity index (χ1) is 7.59. The van der Waals surface area contributed by atoms with E-state index in [2.05, 4.69) is 0 Å². The van der Waals surface area contributed by atoms with Crippen LogP contribution in [0.3, 0.4) is 0 Å². The highest BCUT2D eigenvalue weighted by Gasteiger charge is 2.24. The maximum absolute atomic E-state index is 10.7. The molecule has 0 spiro atoms. The normalized spacial score (nSPS) is 24.6. The first-order valence-corrected chi connectivity index (χ1v) is 5.30. The van der Waals surface area contributed by atoms with Gasteiger partial charge in [-0.1, -0.05) is 6.07 Å². The van der Waals surface area contributed by atoms with Gasteiger partial charge < -0.3 is 10.8 Å². The van der Waals surface area contributed by atoms with E-state index in [0.29, 0.717) is 12.0 Å². The fourth-order valence-electron chi connectivity index (χ4n) is 2.12. The van der Waals surface area contributed by atoms with Crippen LogP contribution in [-0.4, -0.2) is 16.1 Å². The predicted octanol–water partition coefficient (Wildman–Crippen LogP) is 1.29. The zero-order valence-corrected chi connectivity index (χ0v) is 8.80. The zero-order valence-electron chi connectivity index (χ0n) is 8.80. The first kappa shape index (κ1) is 11.0. The topological polar surface area (TPSA) is 89.4 Å². The summed E-state index contributed by atoms with van der Waals surface area (Å²) in [5.74, 6) is 0. The van der Waals surface area contributed by atoms with Gasteiger partial charge in [0, 0.05) is 12.1 Å². The molecule has 16 heavy (non-hydrogen) atoms. The van der Waals surface area contributed by atoms with E-state index >= 15 is 0 Å². The van der Waals surface area contributed by atoms with Crippen molar-refractivity contribution in [2.24, 2.45) is 5.73 Å². The van der Waals surface area contributed by atoms with Crippen molar-refractivity contribution >= 4 is 5.69 Å². The van der Waals surface area contributed by atoms with Crippen molar-refractivity contribution in [1.29, 1.82) is 0 Å². The van der Waals surface area contributed by atoms with Crippen molar-refractivity contribution in [3.05, 3.63) is 39.4 Å². The quantitative estimate of drug-likeness (QED) is 0.425. The van der Waals surface area contributed by atoms with Gasteiger partial charge in [-0.05, 0) is 30.4 Å². The lowest BCUT2D eigenvalue weighted by Gasteiger charge is -2.17. The van der Waals surface area contributed by atoms with Gasteiger partial charge in [0.05, 0.1) is 17.1 Å². The Morgan fingerprint density at radius 2 is 2.25 bits per heavy atom. The maximum atomic E-state index is 10.7. The Kier molecular flexibility index (Phi) is 2.89. The van der Waals surface area contributed by atoms with Crippen LogP contribution < -0.4 is 5.73 Å². The molecule has 0 heterocycles. The molecule has 1 aromatic carbocycles. The minimum atomic E-state index is -0.608. The average molecular weight is 222 g/mol. The molecule has 0 saturated carbocycles. The van der Waals surface area contributed by atoms with Crippen LogP contribution in [0.1, 0.15) is 30.0 Å². The molecule has 0 aromatic heterocycles. The molecule has 3 N–H and O–H groups in total. The number of aliphatic hydroxyl groups is 1. The lowest BCUT2D eigenvalue weighted by atomic mass is 9.98. The van der Waals surface area contributed by atoms with E-state index in [-0.39, 0.29) is 5.69 Å². The molecule has 0 aliphatic heterocycles. The second-order valence-electron chi connectivity index (χ2n) is 4.13. The number of nitro groups is 1. The number of hydrogen-bond acceptors (Lipinski definition) is 4. The van der Waals surface area contributed by atoms with E-state index in [9.17, 15) is 15.2 Å². The van der Waals surface area contributed by atoms with Crippen LogP contribution in [0.5, 0.6) is 0 Å². The van der Waals surface area contributed by atoms with Crippen molar-refractivity contribution in [1.82, 2.24) is 0 Å². The number of benzene rings is 1. The first-order valence-electron chi connectivity index (χ1n) is 5.30. The molecular weight excluding hydrogens is 208 g/mol. The Morgan fingerprint density at radius 1 is 1.50 bits per heavy atom. The molecule has 0 bridgehead atoms. The standard InChI is InChI=1S/C11H14N2O3/c12-11-9-6-8(13(15)16)5-4-7(9)2-1-3-10(11)14/h4-6,10-11,14H,1-3,12H2/t10-,11-/m0/s1. The lowest BCUT2D eigenvalue weighted by Crippen LogP contribution is -2.25. The SMILES string of the molecule is N[C@H]1c2cc([N+](=O)[O-])ccc2CCC[C@@H]1O. The Morgan fingerprint density at radius 3 is 2.94 bits per heavy atom. The monoisotopic (exact) mass is 222 g/mol. The summed E-state index contributed by atoms with van der Waals surface area (Å²) >= 11 is 0. The minimum absolute atomic E-state index is 0.0308. The molecule has 1 aliphatic carbocycles. The van der Waals surface area contributed by atoms with Crippen molar-refractivity contribution in [3.63, 3.8) is 0 Å². The van der Waals surface area contributed by atoms with Crippen LogP contribution in [0.25, 0.3) is 0 Å². The van der Waals surface area contributed by atoms with E-state index in [0.717, 1.165) is 18.4 Å². The third kappa shape index (κ3) is 1.91. The predicted molar refractivity (Wildman–Crippen MR) is 59.0 cm³/mol. The molecule has 1 aromatic rings. The molecular formula is C11H14N2O3. The Hall–Kier alpha value is -1.46. The van der Waals surface area contributed by atoms with Gasteiger partial charge in [-0.15, -0.1) is 0 Å².